The van der Waals surface area contributed by atoms with Gasteiger partial charge in [0.05, 0.1) is 13.2 Å². The average molecular weight is 170 g/mol. The fourth-order valence-corrected chi connectivity index (χ4v) is 2.14. The first kappa shape index (κ1) is 8.52. The zero-order chi connectivity index (χ0) is 8.28. The molecule has 0 bridgehead atoms. The van der Waals surface area contributed by atoms with E-state index in [-0.39, 0.29) is 5.79 Å². The summed E-state index contributed by atoms with van der Waals surface area (Å²) < 4.78 is 11.6. The molecule has 70 valence electrons. The van der Waals surface area contributed by atoms with Crippen LogP contribution in [0.15, 0.2) is 0 Å². The minimum atomic E-state index is -0.158. The molecular weight excluding hydrogens is 152 g/mol. The molecule has 0 radical (unpaired) electrons. The summed E-state index contributed by atoms with van der Waals surface area (Å²) in [6.45, 7) is 1.81. The van der Waals surface area contributed by atoms with Gasteiger partial charge >= 0.3 is 0 Å². The van der Waals surface area contributed by atoms with Crippen molar-refractivity contribution in [2.24, 2.45) is 0 Å². The third kappa shape index (κ3) is 1.80. The molecule has 1 heterocycles. The van der Waals surface area contributed by atoms with E-state index >= 15 is 0 Å². The van der Waals surface area contributed by atoms with E-state index in [2.05, 4.69) is 0 Å². The van der Waals surface area contributed by atoms with Crippen LogP contribution in [0.25, 0.3) is 0 Å². The van der Waals surface area contributed by atoms with Gasteiger partial charge in [-0.1, -0.05) is 6.42 Å². The molecule has 1 saturated heterocycles. The summed E-state index contributed by atoms with van der Waals surface area (Å²) in [6, 6.07) is 0. The highest BCUT2D eigenvalue weighted by molar-refractivity contribution is 4.76. The van der Waals surface area contributed by atoms with Crippen LogP contribution in [0, 0.1) is 0 Å². The Morgan fingerprint density at radius 1 is 0.667 bits per heavy atom. The Labute approximate surface area is 74.2 Å². The molecule has 1 aliphatic heterocycles. The smallest absolute Gasteiger partial charge is 0.168 e. The van der Waals surface area contributed by atoms with Crippen molar-refractivity contribution in [3.63, 3.8) is 0 Å². The average Bonchev–Trinajstić information content (AvgIpc) is 2.33. The van der Waals surface area contributed by atoms with Crippen LogP contribution in [0.5, 0.6) is 0 Å². The van der Waals surface area contributed by atoms with E-state index in [0.29, 0.717) is 0 Å². The first-order valence-electron chi connectivity index (χ1n) is 5.19. The van der Waals surface area contributed by atoms with E-state index in [4.69, 9.17) is 9.47 Å². The molecule has 2 heteroatoms. The molecule has 1 saturated carbocycles. The van der Waals surface area contributed by atoms with Crippen LogP contribution in [-0.2, 0) is 9.47 Å². The summed E-state index contributed by atoms with van der Waals surface area (Å²) in [5.41, 5.74) is 0. The number of ether oxygens (including phenoxy) is 2. The van der Waals surface area contributed by atoms with Crippen LogP contribution in [0.2, 0.25) is 0 Å². The Hall–Kier alpha value is -0.0800. The zero-order valence-corrected chi connectivity index (χ0v) is 7.68. The largest absolute Gasteiger partial charge is 0.350 e. The third-order valence-corrected chi connectivity index (χ3v) is 2.88. The fourth-order valence-electron chi connectivity index (χ4n) is 2.14. The zero-order valence-electron chi connectivity index (χ0n) is 7.68. The van der Waals surface area contributed by atoms with Crippen molar-refractivity contribution in [2.45, 2.75) is 50.7 Å². The quantitative estimate of drug-likeness (QED) is 0.556. The highest BCUT2D eigenvalue weighted by Crippen LogP contribution is 2.34. The lowest BCUT2D eigenvalue weighted by Crippen LogP contribution is -2.37. The summed E-state index contributed by atoms with van der Waals surface area (Å²) in [5.74, 6) is -0.158. The predicted octanol–water partition coefficient (Wildman–Crippen LogP) is 2.47. The molecule has 2 aliphatic rings. The van der Waals surface area contributed by atoms with Crippen molar-refractivity contribution in [1.29, 1.82) is 0 Å². The maximum absolute atomic E-state index is 5.81. The summed E-state index contributed by atoms with van der Waals surface area (Å²) in [7, 11) is 0. The Morgan fingerprint density at radius 2 is 1.25 bits per heavy atom. The molecule has 0 unspecified atom stereocenters. The highest BCUT2D eigenvalue weighted by Gasteiger charge is 2.34. The molecule has 1 spiro atoms. The molecule has 0 aromatic rings. The summed E-state index contributed by atoms with van der Waals surface area (Å²) in [5, 5.41) is 0. The minimum absolute atomic E-state index is 0.158. The van der Waals surface area contributed by atoms with Gasteiger partial charge in [-0.3, -0.25) is 0 Å². The standard InChI is InChI=1S/C10H18O2/c1-2-6-10(7-3-1)11-8-4-5-9-12-10/h1-9H2. The van der Waals surface area contributed by atoms with Gasteiger partial charge in [0.15, 0.2) is 5.79 Å². The first-order valence-corrected chi connectivity index (χ1v) is 5.19. The van der Waals surface area contributed by atoms with Crippen LogP contribution in [-0.4, -0.2) is 19.0 Å². The van der Waals surface area contributed by atoms with Crippen molar-refractivity contribution >= 4 is 0 Å². The van der Waals surface area contributed by atoms with Crippen molar-refractivity contribution in [3.05, 3.63) is 0 Å². The second kappa shape index (κ2) is 3.75. The molecule has 2 rings (SSSR count). The minimum Gasteiger partial charge on any atom is -0.350 e. The summed E-state index contributed by atoms with van der Waals surface area (Å²) in [4.78, 5) is 0. The van der Waals surface area contributed by atoms with Gasteiger partial charge in [0.1, 0.15) is 0 Å². The van der Waals surface area contributed by atoms with Gasteiger partial charge in [-0.2, -0.15) is 0 Å². The molecule has 2 fully saturated rings. The normalized spacial score (nSPS) is 30.0. The van der Waals surface area contributed by atoms with E-state index < -0.39 is 0 Å². The predicted molar refractivity (Wildman–Crippen MR) is 47.0 cm³/mol. The summed E-state index contributed by atoms with van der Waals surface area (Å²) in [6.07, 6.45) is 8.48. The number of hydrogen-bond donors (Lipinski definition) is 0. The Kier molecular flexibility index (Phi) is 2.66. The topological polar surface area (TPSA) is 18.5 Å². The van der Waals surface area contributed by atoms with Crippen LogP contribution in [0.4, 0.5) is 0 Å². The lowest BCUT2D eigenvalue weighted by Gasteiger charge is -2.35. The number of hydrogen-bond acceptors (Lipinski definition) is 2. The molecule has 2 nitrogen and oxygen atoms in total. The number of rotatable bonds is 0. The van der Waals surface area contributed by atoms with Crippen LogP contribution >= 0.6 is 0 Å². The van der Waals surface area contributed by atoms with E-state index in [1.807, 2.05) is 0 Å². The van der Waals surface area contributed by atoms with Crippen molar-refractivity contribution < 1.29 is 9.47 Å². The van der Waals surface area contributed by atoms with Gasteiger partial charge in [-0.25, -0.2) is 0 Å². The van der Waals surface area contributed by atoms with Gasteiger partial charge in [0, 0.05) is 12.8 Å². The molecular formula is C10H18O2. The van der Waals surface area contributed by atoms with E-state index in [0.717, 1.165) is 26.1 Å². The van der Waals surface area contributed by atoms with Crippen molar-refractivity contribution in [3.8, 4) is 0 Å². The first-order chi connectivity index (χ1) is 5.91. The Balaban J connectivity index is 1.95. The molecule has 0 amide bonds. The van der Waals surface area contributed by atoms with Gasteiger partial charge in [-0.05, 0) is 25.7 Å². The SMILES string of the molecule is C1CCC2(CC1)OCCCCO2. The third-order valence-electron chi connectivity index (χ3n) is 2.88. The van der Waals surface area contributed by atoms with Crippen LogP contribution in [0.3, 0.4) is 0 Å². The maximum atomic E-state index is 5.81. The maximum Gasteiger partial charge on any atom is 0.168 e. The molecule has 1 aliphatic carbocycles. The van der Waals surface area contributed by atoms with Crippen molar-refractivity contribution in [1.82, 2.24) is 0 Å². The van der Waals surface area contributed by atoms with E-state index in [1.165, 1.54) is 32.1 Å². The second-order valence-electron chi connectivity index (χ2n) is 3.88. The van der Waals surface area contributed by atoms with Crippen LogP contribution < -0.4 is 0 Å². The lowest BCUT2D eigenvalue weighted by molar-refractivity contribution is -0.240. The van der Waals surface area contributed by atoms with Gasteiger partial charge in [-0.15, -0.1) is 0 Å². The van der Waals surface area contributed by atoms with Gasteiger partial charge in [0.2, 0.25) is 0 Å². The molecule has 12 heavy (non-hydrogen) atoms. The molecule has 0 aromatic heterocycles. The van der Waals surface area contributed by atoms with Gasteiger partial charge < -0.3 is 9.47 Å². The Bertz CT molecular complexity index is 129. The highest BCUT2D eigenvalue weighted by atomic mass is 16.7. The molecule has 0 atom stereocenters. The van der Waals surface area contributed by atoms with Crippen molar-refractivity contribution in [2.75, 3.05) is 13.2 Å². The Morgan fingerprint density at radius 3 is 1.83 bits per heavy atom. The lowest BCUT2D eigenvalue weighted by atomic mass is 9.94. The fraction of sp³-hybridized carbons (Fsp3) is 1.00. The summed E-state index contributed by atoms with van der Waals surface area (Å²) >= 11 is 0. The van der Waals surface area contributed by atoms with Crippen LogP contribution in [0.1, 0.15) is 44.9 Å². The van der Waals surface area contributed by atoms with E-state index in [9.17, 15) is 0 Å². The molecule has 0 N–H and O–H groups in total. The van der Waals surface area contributed by atoms with E-state index in [1.54, 1.807) is 0 Å². The monoisotopic (exact) mass is 170 g/mol. The molecule has 0 aromatic carbocycles. The van der Waals surface area contributed by atoms with Gasteiger partial charge in [0.25, 0.3) is 0 Å². The second-order valence-corrected chi connectivity index (χ2v) is 3.88.